The van der Waals surface area contributed by atoms with E-state index in [-0.39, 0.29) is 12.5 Å². The molecule has 0 bridgehead atoms. The minimum absolute atomic E-state index is 0.187. The topological polar surface area (TPSA) is 56.8 Å². The number of ether oxygens (including phenoxy) is 3. The first-order chi connectivity index (χ1) is 9.67. The smallest absolute Gasteiger partial charge is 0.244 e. The number of carbonyl (C=O) groups excluding carboxylic acids is 1. The lowest BCUT2D eigenvalue weighted by atomic mass is 10.1. The molecule has 0 spiro atoms. The maximum Gasteiger partial charge on any atom is 0.244 e. The molecular weight excluding hydrogens is 258 g/mol. The summed E-state index contributed by atoms with van der Waals surface area (Å²) >= 11 is 0. The van der Waals surface area contributed by atoms with Crippen molar-refractivity contribution in [3.63, 3.8) is 0 Å². The van der Waals surface area contributed by atoms with E-state index in [0.29, 0.717) is 22.8 Å². The first kappa shape index (κ1) is 15.4. The Balaban J connectivity index is 3.04. The fraction of sp³-hybridized carbons (Fsp3) is 0.267. The lowest BCUT2D eigenvalue weighted by molar-refractivity contribution is -0.116. The van der Waals surface area contributed by atoms with Gasteiger partial charge in [0, 0.05) is 11.6 Å². The highest BCUT2D eigenvalue weighted by atomic mass is 16.5. The molecule has 0 aliphatic heterocycles. The van der Waals surface area contributed by atoms with Crippen LogP contribution < -0.4 is 19.5 Å². The molecule has 5 heteroatoms. The lowest BCUT2D eigenvalue weighted by Crippen LogP contribution is -2.20. The molecule has 0 saturated carbocycles. The van der Waals surface area contributed by atoms with Crippen LogP contribution in [-0.2, 0) is 4.79 Å². The van der Waals surface area contributed by atoms with Crippen molar-refractivity contribution in [3.8, 4) is 29.6 Å². The number of hydrogen-bond donors (Lipinski definition) is 1. The number of hydrogen-bond acceptors (Lipinski definition) is 4. The van der Waals surface area contributed by atoms with Gasteiger partial charge in [-0.3, -0.25) is 4.79 Å². The molecule has 1 rings (SSSR count). The Hall–Kier alpha value is -2.61. The fourth-order valence-corrected chi connectivity index (χ4v) is 1.62. The molecule has 0 saturated heterocycles. The van der Waals surface area contributed by atoms with Crippen molar-refractivity contribution in [2.45, 2.75) is 0 Å². The summed E-state index contributed by atoms with van der Waals surface area (Å²) in [5, 5.41) is 2.53. The molecule has 1 amide bonds. The first-order valence-corrected chi connectivity index (χ1v) is 5.86. The van der Waals surface area contributed by atoms with Gasteiger partial charge in [-0.15, -0.1) is 6.42 Å². The van der Waals surface area contributed by atoms with Crippen molar-refractivity contribution < 1.29 is 19.0 Å². The average molecular weight is 275 g/mol. The van der Waals surface area contributed by atoms with E-state index in [4.69, 9.17) is 20.6 Å². The maximum atomic E-state index is 11.5. The monoisotopic (exact) mass is 275 g/mol. The number of nitrogens with one attached hydrogen (secondary N) is 1. The van der Waals surface area contributed by atoms with Gasteiger partial charge in [0.2, 0.25) is 11.7 Å². The van der Waals surface area contributed by atoms with Crippen molar-refractivity contribution in [1.29, 1.82) is 0 Å². The highest BCUT2D eigenvalue weighted by Crippen LogP contribution is 2.40. The quantitative estimate of drug-likeness (QED) is 0.631. The Labute approximate surface area is 118 Å². The summed E-state index contributed by atoms with van der Waals surface area (Å²) in [6.07, 6.45) is 8.05. The van der Waals surface area contributed by atoms with Gasteiger partial charge in [0.05, 0.1) is 27.9 Å². The summed E-state index contributed by atoms with van der Waals surface area (Å²) in [5.74, 6) is 3.57. The third kappa shape index (κ3) is 3.69. The molecule has 20 heavy (non-hydrogen) atoms. The second-order valence-corrected chi connectivity index (χ2v) is 3.68. The van der Waals surface area contributed by atoms with Gasteiger partial charge in [-0.1, -0.05) is 5.92 Å². The van der Waals surface area contributed by atoms with Gasteiger partial charge in [0.25, 0.3) is 0 Å². The molecule has 0 fully saturated rings. The van der Waals surface area contributed by atoms with Crippen molar-refractivity contribution in [2.75, 3.05) is 27.9 Å². The number of benzene rings is 1. The van der Waals surface area contributed by atoms with Crippen molar-refractivity contribution >= 4 is 12.0 Å². The van der Waals surface area contributed by atoms with Gasteiger partial charge in [0.15, 0.2) is 11.5 Å². The Kier molecular flexibility index (Phi) is 5.98. The van der Waals surface area contributed by atoms with Crippen LogP contribution in [0, 0.1) is 12.3 Å². The van der Waals surface area contributed by atoms with Gasteiger partial charge in [-0.25, -0.2) is 0 Å². The van der Waals surface area contributed by atoms with E-state index in [1.54, 1.807) is 25.3 Å². The van der Waals surface area contributed by atoms with E-state index in [1.165, 1.54) is 20.3 Å². The first-order valence-electron chi connectivity index (χ1n) is 5.86. The summed E-state index contributed by atoms with van der Waals surface area (Å²) < 4.78 is 15.7. The number of amides is 1. The summed E-state index contributed by atoms with van der Waals surface area (Å²) in [6.45, 7) is 0.187. The zero-order chi connectivity index (χ0) is 15.0. The van der Waals surface area contributed by atoms with E-state index in [2.05, 4.69) is 11.2 Å². The van der Waals surface area contributed by atoms with Gasteiger partial charge in [0.1, 0.15) is 0 Å². The number of carbonyl (C=O) groups is 1. The minimum atomic E-state index is -0.278. The molecule has 0 aliphatic rings. The Morgan fingerprint density at radius 1 is 1.25 bits per heavy atom. The van der Waals surface area contributed by atoms with E-state index in [0.717, 1.165) is 0 Å². The predicted octanol–water partition coefficient (Wildman–Crippen LogP) is 1.47. The molecule has 0 atom stereocenters. The van der Waals surface area contributed by atoms with Crippen LogP contribution in [0.4, 0.5) is 0 Å². The van der Waals surface area contributed by atoms with Gasteiger partial charge >= 0.3 is 0 Å². The molecule has 0 aliphatic carbocycles. The molecule has 1 N–H and O–H groups in total. The van der Waals surface area contributed by atoms with E-state index in [9.17, 15) is 4.79 Å². The van der Waals surface area contributed by atoms with Crippen molar-refractivity contribution in [3.05, 3.63) is 23.8 Å². The largest absolute Gasteiger partial charge is 0.493 e. The third-order valence-electron chi connectivity index (χ3n) is 2.51. The lowest BCUT2D eigenvalue weighted by Gasteiger charge is -2.13. The Bertz CT molecular complexity index is 544. The molecule has 106 valence electrons. The minimum Gasteiger partial charge on any atom is -0.493 e. The summed E-state index contributed by atoms with van der Waals surface area (Å²) in [6, 6.07) is 3.51. The second kappa shape index (κ2) is 7.74. The molecule has 0 aromatic heterocycles. The highest BCUT2D eigenvalue weighted by molar-refractivity contribution is 5.92. The Morgan fingerprint density at radius 2 is 1.95 bits per heavy atom. The van der Waals surface area contributed by atoms with Crippen LogP contribution in [0.15, 0.2) is 18.2 Å². The van der Waals surface area contributed by atoms with Crippen LogP contribution in [0.3, 0.4) is 0 Å². The standard InChI is InChI=1S/C15H17NO4/c1-5-10-16-13(17)9-7-11-6-8-12(18-2)15(20-4)14(11)19-3/h1,6-9H,10H2,2-4H3,(H,16,17). The van der Waals surface area contributed by atoms with Gasteiger partial charge < -0.3 is 19.5 Å². The molecule has 1 aromatic rings. The molecule has 0 unspecified atom stereocenters. The third-order valence-corrected chi connectivity index (χ3v) is 2.51. The van der Waals surface area contributed by atoms with Crippen LogP contribution in [0.5, 0.6) is 17.2 Å². The number of terminal acetylenes is 1. The van der Waals surface area contributed by atoms with Crippen LogP contribution in [-0.4, -0.2) is 33.8 Å². The summed E-state index contributed by atoms with van der Waals surface area (Å²) in [5.41, 5.74) is 0.695. The second-order valence-electron chi connectivity index (χ2n) is 3.68. The van der Waals surface area contributed by atoms with Crippen LogP contribution in [0.2, 0.25) is 0 Å². The summed E-state index contributed by atoms with van der Waals surface area (Å²) in [7, 11) is 4.58. The zero-order valence-corrected chi connectivity index (χ0v) is 11.7. The predicted molar refractivity (Wildman–Crippen MR) is 77.0 cm³/mol. The Morgan fingerprint density at radius 3 is 2.50 bits per heavy atom. The zero-order valence-electron chi connectivity index (χ0n) is 11.7. The number of rotatable bonds is 6. The van der Waals surface area contributed by atoms with E-state index < -0.39 is 0 Å². The van der Waals surface area contributed by atoms with Gasteiger partial charge in [-0.2, -0.15) is 0 Å². The molecule has 0 heterocycles. The van der Waals surface area contributed by atoms with E-state index >= 15 is 0 Å². The molecule has 1 aromatic carbocycles. The van der Waals surface area contributed by atoms with Crippen LogP contribution in [0.25, 0.3) is 6.08 Å². The van der Waals surface area contributed by atoms with E-state index in [1.807, 2.05) is 0 Å². The molecule has 0 radical (unpaired) electrons. The van der Waals surface area contributed by atoms with Crippen LogP contribution >= 0.6 is 0 Å². The molecule has 5 nitrogen and oxygen atoms in total. The molecular formula is C15H17NO4. The summed E-state index contributed by atoms with van der Waals surface area (Å²) in [4.78, 5) is 11.5. The normalized spacial score (nSPS) is 9.90. The van der Waals surface area contributed by atoms with Crippen molar-refractivity contribution in [2.24, 2.45) is 0 Å². The highest BCUT2D eigenvalue weighted by Gasteiger charge is 2.14. The number of methoxy groups -OCH3 is 3. The van der Waals surface area contributed by atoms with Crippen LogP contribution in [0.1, 0.15) is 5.56 Å². The fourth-order valence-electron chi connectivity index (χ4n) is 1.62. The van der Waals surface area contributed by atoms with Crippen molar-refractivity contribution in [1.82, 2.24) is 5.32 Å². The SMILES string of the molecule is C#CCNC(=O)C=Cc1ccc(OC)c(OC)c1OC. The average Bonchev–Trinajstić information content (AvgIpc) is 2.49. The maximum absolute atomic E-state index is 11.5. The van der Waals surface area contributed by atoms with Gasteiger partial charge in [-0.05, 0) is 18.2 Å².